The standard InChI is InChI=1S/C13H11Cl2N3O/c14-7-4-8(15)6-9(5-7)18-12-10(13(17)19)2-1-3-11(12)16/h1-6,18H,16H2,(H2,17,19). The highest BCUT2D eigenvalue weighted by Gasteiger charge is 2.11. The Hall–Kier alpha value is -1.91. The van der Waals surface area contributed by atoms with Gasteiger partial charge in [0.1, 0.15) is 0 Å². The van der Waals surface area contributed by atoms with Gasteiger partial charge < -0.3 is 16.8 Å². The van der Waals surface area contributed by atoms with Crippen LogP contribution in [0.3, 0.4) is 0 Å². The topological polar surface area (TPSA) is 81.1 Å². The van der Waals surface area contributed by atoms with E-state index in [0.29, 0.717) is 32.7 Å². The van der Waals surface area contributed by atoms with E-state index in [1.165, 1.54) is 0 Å². The molecule has 0 saturated heterocycles. The van der Waals surface area contributed by atoms with E-state index in [4.69, 9.17) is 34.7 Å². The minimum atomic E-state index is -0.567. The molecule has 6 heteroatoms. The van der Waals surface area contributed by atoms with Crippen LogP contribution >= 0.6 is 23.2 Å². The molecule has 19 heavy (non-hydrogen) atoms. The van der Waals surface area contributed by atoms with Crippen molar-refractivity contribution < 1.29 is 4.79 Å². The molecule has 98 valence electrons. The lowest BCUT2D eigenvalue weighted by atomic mass is 10.1. The van der Waals surface area contributed by atoms with Crippen molar-refractivity contribution >= 4 is 46.2 Å². The minimum Gasteiger partial charge on any atom is -0.397 e. The van der Waals surface area contributed by atoms with E-state index in [1.54, 1.807) is 36.4 Å². The maximum absolute atomic E-state index is 11.4. The molecule has 0 aromatic heterocycles. The van der Waals surface area contributed by atoms with Gasteiger partial charge >= 0.3 is 0 Å². The number of carbonyl (C=O) groups excluding carboxylic acids is 1. The average Bonchev–Trinajstić information content (AvgIpc) is 2.30. The van der Waals surface area contributed by atoms with E-state index in [1.807, 2.05) is 0 Å². The molecule has 0 heterocycles. The van der Waals surface area contributed by atoms with Crippen molar-refractivity contribution in [2.75, 3.05) is 11.1 Å². The van der Waals surface area contributed by atoms with Crippen LogP contribution in [0.5, 0.6) is 0 Å². The van der Waals surface area contributed by atoms with Crippen molar-refractivity contribution in [1.29, 1.82) is 0 Å². The zero-order valence-corrected chi connectivity index (χ0v) is 11.3. The number of benzene rings is 2. The lowest BCUT2D eigenvalue weighted by Crippen LogP contribution is -2.14. The first-order valence-corrected chi connectivity index (χ1v) is 6.14. The van der Waals surface area contributed by atoms with Gasteiger partial charge in [0.25, 0.3) is 5.91 Å². The van der Waals surface area contributed by atoms with Crippen LogP contribution in [-0.4, -0.2) is 5.91 Å². The first kappa shape index (κ1) is 13.5. The summed E-state index contributed by atoms with van der Waals surface area (Å²) in [6.45, 7) is 0. The maximum atomic E-state index is 11.4. The summed E-state index contributed by atoms with van der Waals surface area (Å²) in [5, 5.41) is 3.96. The van der Waals surface area contributed by atoms with Gasteiger partial charge in [0.2, 0.25) is 0 Å². The largest absolute Gasteiger partial charge is 0.397 e. The number of anilines is 3. The number of amides is 1. The number of hydrogen-bond acceptors (Lipinski definition) is 3. The molecule has 0 radical (unpaired) electrons. The Morgan fingerprint density at radius 3 is 2.32 bits per heavy atom. The van der Waals surface area contributed by atoms with Crippen LogP contribution in [0, 0.1) is 0 Å². The smallest absolute Gasteiger partial charge is 0.250 e. The fraction of sp³-hybridized carbons (Fsp3) is 0. The summed E-state index contributed by atoms with van der Waals surface area (Å²) >= 11 is 11.8. The van der Waals surface area contributed by atoms with Crippen molar-refractivity contribution in [2.24, 2.45) is 5.73 Å². The molecule has 0 unspecified atom stereocenters. The van der Waals surface area contributed by atoms with Crippen LogP contribution in [0.1, 0.15) is 10.4 Å². The van der Waals surface area contributed by atoms with Gasteiger partial charge in [-0.1, -0.05) is 29.3 Å². The number of nitrogens with one attached hydrogen (secondary N) is 1. The van der Waals surface area contributed by atoms with E-state index < -0.39 is 5.91 Å². The lowest BCUT2D eigenvalue weighted by molar-refractivity contribution is 0.100. The van der Waals surface area contributed by atoms with Crippen LogP contribution in [0.4, 0.5) is 17.1 Å². The third-order valence-electron chi connectivity index (χ3n) is 2.49. The normalized spacial score (nSPS) is 10.2. The quantitative estimate of drug-likeness (QED) is 0.759. The summed E-state index contributed by atoms with van der Waals surface area (Å²) in [6.07, 6.45) is 0. The Morgan fingerprint density at radius 1 is 1.11 bits per heavy atom. The number of rotatable bonds is 3. The van der Waals surface area contributed by atoms with Gasteiger partial charge in [-0.2, -0.15) is 0 Å². The van der Waals surface area contributed by atoms with Crippen LogP contribution < -0.4 is 16.8 Å². The number of para-hydroxylation sites is 1. The zero-order valence-electron chi connectivity index (χ0n) is 9.78. The minimum absolute atomic E-state index is 0.302. The second kappa shape index (κ2) is 5.38. The number of nitrogens with two attached hydrogens (primary N) is 2. The predicted octanol–water partition coefficient (Wildman–Crippen LogP) is 3.42. The zero-order chi connectivity index (χ0) is 14.0. The third kappa shape index (κ3) is 3.10. The maximum Gasteiger partial charge on any atom is 0.250 e. The molecule has 2 rings (SSSR count). The molecule has 0 spiro atoms. The molecule has 4 nitrogen and oxygen atoms in total. The number of hydrogen-bond donors (Lipinski definition) is 3. The van der Waals surface area contributed by atoms with E-state index in [9.17, 15) is 4.79 Å². The molecule has 1 amide bonds. The number of halogens is 2. The van der Waals surface area contributed by atoms with Gasteiger partial charge in [0.15, 0.2) is 0 Å². The van der Waals surface area contributed by atoms with Crippen LogP contribution in [0.15, 0.2) is 36.4 Å². The molecular weight excluding hydrogens is 285 g/mol. The monoisotopic (exact) mass is 295 g/mol. The highest BCUT2D eigenvalue weighted by Crippen LogP contribution is 2.30. The van der Waals surface area contributed by atoms with Crippen molar-refractivity contribution in [1.82, 2.24) is 0 Å². The summed E-state index contributed by atoms with van der Waals surface area (Å²) in [7, 11) is 0. The van der Waals surface area contributed by atoms with Crippen LogP contribution in [0.2, 0.25) is 10.0 Å². The highest BCUT2D eigenvalue weighted by molar-refractivity contribution is 6.35. The molecule has 5 N–H and O–H groups in total. The Morgan fingerprint density at radius 2 is 1.74 bits per heavy atom. The SMILES string of the molecule is NC(=O)c1cccc(N)c1Nc1cc(Cl)cc(Cl)c1. The Balaban J connectivity index is 2.45. The Kier molecular flexibility index (Phi) is 3.83. The van der Waals surface area contributed by atoms with Gasteiger partial charge in [-0.3, -0.25) is 4.79 Å². The van der Waals surface area contributed by atoms with Gasteiger partial charge in [0, 0.05) is 15.7 Å². The van der Waals surface area contributed by atoms with E-state index in [0.717, 1.165) is 0 Å². The second-order valence-electron chi connectivity index (χ2n) is 3.92. The molecule has 2 aromatic carbocycles. The molecule has 0 aliphatic carbocycles. The van der Waals surface area contributed by atoms with E-state index in [2.05, 4.69) is 5.32 Å². The fourth-order valence-corrected chi connectivity index (χ4v) is 2.21. The fourth-order valence-electron chi connectivity index (χ4n) is 1.69. The third-order valence-corrected chi connectivity index (χ3v) is 2.93. The van der Waals surface area contributed by atoms with Gasteiger partial charge in [0.05, 0.1) is 16.9 Å². The highest BCUT2D eigenvalue weighted by atomic mass is 35.5. The van der Waals surface area contributed by atoms with Crippen molar-refractivity contribution in [3.8, 4) is 0 Å². The first-order valence-electron chi connectivity index (χ1n) is 5.39. The van der Waals surface area contributed by atoms with Gasteiger partial charge in [-0.25, -0.2) is 0 Å². The number of primary amides is 1. The average molecular weight is 296 g/mol. The van der Waals surface area contributed by atoms with Crippen LogP contribution in [-0.2, 0) is 0 Å². The predicted molar refractivity (Wildman–Crippen MR) is 79.1 cm³/mol. The number of carbonyl (C=O) groups is 1. The van der Waals surface area contributed by atoms with Crippen molar-refractivity contribution in [2.45, 2.75) is 0 Å². The van der Waals surface area contributed by atoms with Gasteiger partial charge in [-0.05, 0) is 30.3 Å². The molecular formula is C13H11Cl2N3O. The molecule has 0 atom stereocenters. The summed E-state index contributed by atoms with van der Waals surface area (Å²) in [6, 6.07) is 9.87. The molecule has 0 aliphatic heterocycles. The Bertz CT molecular complexity index is 624. The second-order valence-corrected chi connectivity index (χ2v) is 4.79. The Labute approximate surface area is 120 Å². The summed E-state index contributed by atoms with van der Waals surface area (Å²) in [5.74, 6) is -0.567. The molecule has 0 bridgehead atoms. The van der Waals surface area contributed by atoms with E-state index in [-0.39, 0.29) is 0 Å². The molecule has 2 aromatic rings. The van der Waals surface area contributed by atoms with Crippen molar-refractivity contribution in [3.05, 3.63) is 52.0 Å². The lowest BCUT2D eigenvalue weighted by Gasteiger charge is -2.13. The van der Waals surface area contributed by atoms with Gasteiger partial charge in [-0.15, -0.1) is 0 Å². The molecule has 0 aliphatic rings. The summed E-state index contributed by atoms with van der Waals surface area (Å²) in [4.78, 5) is 11.4. The number of nitrogen functional groups attached to an aromatic ring is 1. The van der Waals surface area contributed by atoms with Crippen molar-refractivity contribution in [3.63, 3.8) is 0 Å². The van der Waals surface area contributed by atoms with Crippen LogP contribution in [0.25, 0.3) is 0 Å². The molecule has 0 saturated carbocycles. The first-order chi connectivity index (χ1) is 8.97. The molecule has 0 fully saturated rings. The summed E-state index contributed by atoms with van der Waals surface area (Å²) in [5.41, 5.74) is 12.9. The van der Waals surface area contributed by atoms with E-state index >= 15 is 0 Å². The summed E-state index contributed by atoms with van der Waals surface area (Å²) < 4.78 is 0.